The van der Waals surface area contributed by atoms with Gasteiger partial charge in [0.15, 0.2) is 12.0 Å². The van der Waals surface area contributed by atoms with Crippen LogP contribution in [0.2, 0.25) is 0 Å². The van der Waals surface area contributed by atoms with Crippen molar-refractivity contribution in [1.29, 1.82) is 0 Å². The molecule has 1 aromatic heterocycles. The number of thiophene rings is 1. The Morgan fingerprint density at radius 1 is 1.73 bits per heavy atom. The summed E-state index contributed by atoms with van der Waals surface area (Å²) in [5, 5.41) is 9.76. The van der Waals surface area contributed by atoms with E-state index in [2.05, 4.69) is 4.74 Å². The molecule has 0 amide bonds. The fourth-order valence-electron chi connectivity index (χ4n) is 0.574. The Balaban J connectivity index is 2.84. The molecule has 0 spiro atoms. The smallest absolute Gasteiger partial charge is 0.449 e. The van der Waals surface area contributed by atoms with Crippen molar-refractivity contribution < 1.29 is 19.4 Å². The minimum absolute atomic E-state index is 0.0949. The summed E-state index contributed by atoms with van der Waals surface area (Å²) < 4.78 is 4.27. The molecule has 1 heterocycles. The van der Waals surface area contributed by atoms with Crippen molar-refractivity contribution in [3.8, 4) is 5.75 Å². The molecule has 0 atom stereocenters. The summed E-state index contributed by atoms with van der Waals surface area (Å²) in [5.74, 6) is 0.0949. The molecular formula is C6H4O4S. The molecule has 5 heteroatoms. The second kappa shape index (κ2) is 3.16. The number of hydrogen-bond acceptors (Lipinski definition) is 4. The second-order valence-corrected chi connectivity index (χ2v) is 2.58. The van der Waals surface area contributed by atoms with Gasteiger partial charge in [-0.1, -0.05) is 0 Å². The quantitative estimate of drug-likeness (QED) is 0.543. The van der Waals surface area contributed by atoms with Crippen LogP contribution in [0.5, 0.6) is 5.75 Å². The van der Waals surface area contributed by atoms with E-state index < -0.39 is 6.16 Å². The molecule has 58 valence electrons. The van der Waals surface area contributed by atoms with Crippen LogP contribution in [0.1, 0.15) is 9.67 Å². The molecule has 0 aromatic carbocycles. The minimum atomic E-state index is -1.41. The van der Waals surface area contributed by atoms with Crippen LogP contribution in [0, 0.1) is 0 Å². The SMILES string of the molecule is O=Cc1sccc1OC(=O)O. The van der Waals surface area contributed by atoms with E-state index >= 15 is 0 Å². The Labute approximate surface area is 66.0 Å². The van der Waals surface area contributed by atoms with Crippen LogP contribution >= 0.6 is 11.3 Å². The van der Waals surface area contributed by atoms with Gasteiger partial charge >= 0.3 is 6.16 Å². The third-order valence-corrected chi connectivity index (χ3v) is 1.79. The highest BCUT2D eigenvalue weighted by Gasteiger charge is 2.07. The summed E-state index contributed by atoms with van der Waals surface area (Å²) in [6.07, 6.45) is -0.852. The van der Waals surface area contributed by atoms with Crippen molar-refractivity contribution >= 4 is 23.8 Å². The summed E-state index contributed by atoms with van der Waals surface area (Å²) in [6, 6.07) is 1.43. The normalized spacial score (nSPS) is 9.09. The molecule has 1 N–H and O–H groups in total. The molecule has 11 heavy (non-hydrogen) atoms. The lowest BCUT2D eigenvalue weighted by molar-refractivity contribution is 0.112. The van der Waals surface area contributed by atoms with Crippen LogP contribution in [-0.4, -0.2) is 17.5 Å². The maximum Gasteiger partial charge on any atom is 0.511 e. The molecule has 0 saturated carbocycles. The number of ether oxygens (including phenoxy) is 1. The number of rotatable bonds is 2. The van der Waals surface area contributed by atoms with Crippen LogP contribution in [0.4, 0.5) is 4.79 Å². The lowest BCUT2D eigenvalue weighted by Crippen LogP contribution is -2.03. The van der Waals surface area contributed by atoms with Crippen molar-refractivity contribution in [1.82, 2.24) is 0 Å². The van der Waals surface area contributed by atoms with Gasteiger partial charge in [-0.15, -0.1) is 11.3 Å². The molecule has 1 rings (SSSR count). The number of aldehydes is 1. The van der Waals surface area contributed by atoms with Crippen LogP contribution in [-0.2, 0) is 0 Å². The Kier molecular flexibility index (Phi) is 2.22. The molecule has 0 aliphatic carbocycles. The third-order valence-electron chi connectivity index (χ3n) is 0.962. The van der Waals surface area contributed by atoms with Gasteiger partial charge < -0.3 is 9.84 Å². The van der Waals surface area contributed by atoms with Crippen LogP contribution in [0.15, 0.2) is 11.4 Å². The molecule has 4 nitrogen and oxygen atoms in total. The van der Waals surface area contributed by atoms with Crippen LogP contribution in [0.25, 0.3) is 0 Å². The maximum atomic E-state index is 10.2. The molecule has 0 aliphatic rings. The van der Waals surface area contributed by atoms with Crippen molar-refractivity contribution in [2.24, 2.45) is 0 Å². The highest BCUT2D eigenvalue weighted by Crippen LogP contribution is 2.22. The number of carbonyl (C=O) groups excluding carboxylic acids is 1. The van der Waals surface area contributed by atoms with Gasteiger partial charge in [0.2, 0.25) is 0 Å². The zero-order valence-electron chi connectivity index (χ0n) is 5.31. The Hall–Kier alpha value is -1.36. The third kappa shape index (κ3) is 1.78. The highest BCUT2D eigenvalue weighted by atomic mass is 32.1. The first-order valence-corrected chi connectivity index (χ1v) is 3.55. The van der Waals surface area contributed by atoms with Gasteiger partial charge in [-0.2, -0.15) is 0 Å². The van der Waals surface area contributed by atoms with E-state index in [9.17, 15) is 9.59 Å². The van der Waals surface area contributed by atoms with Gasteiger partial charge in [0.05, 0.1) is 0 Å². The fourth-order valence-corrected chi connectivity index (χ4v) is 1.19. The molecule has 0 radical (unpaired) electrons. The van der Waals surface area contributed by atoms with Gasteiger partial charge in [-0.05, 0) is 11.4 Å². The Morgan fingerprint density at radius 3 is 3.00 bits per heavy atom. The van der Waals surface area contributed by atoms with Crippen LogP contribution in [0.3, 0.4) is 0 Å². The summed E-state index contributed by atoms with van der Waals surface area (Å²) in [6.45, 7) is 0. The summed E-state index contributed by atoms with van der Waals surface area (Å²) in [7, 11) is 0. The van der Waals surface area contributed by atoms with Gasteiger partial charge in [0, 0.05) is 0 Å². The first kappa shape index (κ1) is 7.74. The Bertz CT molecular complexity index is 278. The molecule has 0 fully saturated rings. The predicted molar refractivity (Wildman–Crippen MR) is 38.4 cm³/mol. The largest absolute Gasteiger partial charge is 0.511 e. The monoisotopic (exact) mass is 172 g/mol. The summed E-state index contributed by atoms with van der Waals surface area (Å²) >= 11 is 1.14. The predicted octanol–water partition coefficient (Wildman–Crippen LogP) is 1.62. The molecule has 0 saturated heterocycles. The Morgan fingerprint density at radius 2 is 2.45 bits per heavy atom. The van der Waals surface area contributed by atoms with Crippen molar-refractivity contribution in [2.75, 3.05) is 0 Å². The average molecular weight is 172 g/mol. The van der Waals surface area contributed by atoms with E-state index in [0.29, 0.717) is 6.29 Å². The molecule has 0 aliphatic heterocycles. The number of carboxylic acid groups (broad SMARTS) is 1. The van der Waals surface area contributed by atoms with E-state index in [0.717, 1.165) is 11.3 Å². The first-order valence-electron chi connectivity index (χ1n) is 2.67. The molecule has 0 unspecified atom stereocenters. The van der Waals surface area contributed by atoms with Crippen LogP contribution < -0.4 is 4.74 Å². The van der Waals surface area contributed by atoms with E-state index in [1.165, 1.54) is 6.07 Å². The van der Waals surface area contributed by atoms with Gasteiger partial charge in [-0.25, -0.2) is 4.79 Å². The van der Waals surface area contributed by atoms with Crippen molar-refractivity contribution in [3.05, 3.63) is 16.3 Å². The molecule has 1 aromatic rings. The number of hydrogen-bond donors (Lipinski definition) is 1. The molecule has 0 bridgehead atoms. The second-order valence-electron chi connectivity index (χ2n) is 1.63. The van der Waals surface area contributed by atoms with E-state index in [1.54, 1.807) is 5.38 Å². The lowest BCUT2D eigenvalue weighted by Gasteiger charge is -1.94. The maximum absolute atomic E-state index is 10.2. The zero-order valence-corrected chi connectivity index (χ0v) is 6.13. The average Bonchev–Trinajstić information content (AvgIpc) is 2.34. The topological polar surface area (TPSA) is 63.6 Å². The first-order chi connectivity index (χ1) is 5.24. The van der Waals surface area contributed by atoms with Gasteiger partial charge in [0.25, 0.3) is 0 Å². The van der Waals surface area contributed by atoms with Crippen molar-refractivity contribution in [3.63, 3.8) is 0 Å². The van der Waals surface area contributed by atoms with Gasteiger partial charge in [-0.3, -0.25) is 4.79 Å². The van der Waals surface area contributed by atoms with E-state index in [1.807, 2.05) is 0 Å². The highest BCUT2D eigenvalue weighted by molar-refractivity contribution is 7.12. The lowest BCUT2D eigenvalue weighted by atomic mass is 10.4. The molecular weight excluding hydrogens is 168 g/mol. The van der Waals surface area contributed by atoms with Gasteiger partial charge in [0.1, 0.15) is 4.88 Å². The van der Waals surface area contributed by atoms with E-state index in [4.69, 9.17) is 5.11 Å². The summed E-state index contributed by atoms with van der Waals surface area (Å²) in [5.41, 5.74) is 0. The minimum Gasteiger partial charge on any atom is -0.449 e. The zero-order chi connectivity index (χ0) is 8.27. The standard InChI is InChI=1S/C6H4O4S/c7-3-5-4(1-2-11-5)10-6(8)9/h1-3H,(H,8,9). The van der Waals surface area contributed by atoms with E-state index in [-0.39, 0.29) is 10.6 Å². The summed E-state index contributed by atoms with van der Waals surface area (Å²) in [4.78, 5) is 20.5. The van der Waals surface area contributed by atoms with Crippen molar-refractivity contribution in [2.45, 2.75) is 0 Å². The fraction of sp³-hybridized carbons (Fsp3) is 0. The number of carbonyl (C=O) groups is 2.